The number of aryl methyl sites for hydroxylation is 3. The van der Waals surface area contributed by atoms with Crippen LogP contribution in [0.3, 0.4) is 0 Å². The molecule has 1 atom stereocenters. The third-order valence-electron chi connectivity index (χ3n) is 2.65. The van der Waals surface area contributed by atoms with Gasteiger partial charge in [0.15, 0.2) is 0 Å². The fourth-order valence-corrected chi connectivity index (χ4v) is 3.45. The topological polar surface area (TPSA) is 66.4 Å². The summed E-state index contributed by atoms with van der Waals surface area (Å²) in [5.41, 5.74) is 2.00. The Morgan fingerprint density at radius 2 is 1.68 bits per heavy atom. The fraction of sp³-hybridized carbons (Fsp3) is 0.500. The van der Waals surface area contributed by atoms with Crippen LogP contribution in [0.15, 0.2) is 17.0 Å². The molecule has 0 fully saturated rings. The van der Waals surface area contributed by atoms with E-state index in [1.807, 2.05) is 11.6 Å². The van der Waals surface area contributed by atoms with Crippen LogP contribution in [-0.4, -0.2) is 32.6 Å². The lowest BCUT2D eigenvalue weighted by Gasteiger charge is -2.15. The van der Waals surface area contributed by atoms with E-state index in [4.69, 9.17) is 5.11 Å². The number of nitrogens with one attached hydrogen (secondary N) is 1. The number of alkyl halides is 2. The van der Waals surface area contributed by atoms with Crippen molar-refractivity contribution < 1.29 is 22.3 Å². The predicted octanol–water partition coefficient (Wildman–Crippen LogP) is 1.52. The number of aliphatic hydroxyl groups excluding tert-OH is 1. The number of sulfonamides is 1. The van der Waals surface area contributed by atoms with Gasteiger partial charge in [-0.25, -0.2) is 21.9 Å². The minimum Gasteiger partial charge on any atom is -0.386 e. The van der Waals surface area contributed by atoms with E-state index in [2.05, 4.69) is 0 Å². The molecule has 1 unspecified atom stereocenters. The van der Waals surface area contributed by atoms with E-state index in [1.54, 1.807) is 26.0 Å². The van der Waals surface area contributed by atoms with Crippen molar-refractivity contribution in [3.63, 3.8) is 0 Å². The maximum atomic E-state index is 12.1. The Balaban J connectivity index is 3.02. The zero-order valence-corrected chi connectivity index (χ0v) is 11.8. The third kappa shape index (κ3) is 3.95. The fourth-order valence-electron chi connectivity index (χ4n) is 1.95. The number of benzene rings is 1. The second-order valence-electron chi connectivity index (χ2n) is 4.48. The van der Waals surface area contributed by atoms with Gasteiger partial charge in [-0.15, -0.1) is 0 Å². The number of aliphatic hydroxyl groups is 1. The summed E-state index contributed by atoms with van der Waals surface area (Å²) < 4.78 is 50.4. The molecule has 2 N–H and O–H groups in total. The zero-order chi connectivity index (χ0) is 14.8. The Morgan fingerprint density at radius 1 is 1.21 bits per heavy atom. The lowest BCUT2D eigenvalue weighted by Crippen LogP contribution is -2.36. The van der Waals surface area contributed by atoms with E-state index in [0.29, 0.717) is 11.1 Å². The number of rotatable bonds is 5. The summed E-state index contributed by atoms with van der Waals surface area (Å²) in [7, 11) is -3.91. The van der Waals surface area contributed by atoms with Crippen molar-refractivity contribution >= 4 is 10.0 Å². The molecule has 1 aromatic rings. The summed E-state index contributed by atoms with van der Waals surface area (Å²) in [5.74, 6) is 0. The molecule has 0 heterocycles. The average molecular weight is 293 g/mol. The van der Waals surface area contributed by atoms with Gasteiger partial charge in [-0.1, -0.05) is 17.7 Å². The van der Waals surface area contributed by atoms with Crippen LogP contribution in [0.5, 0.6) is 0 Å². The van der Waals surface area contributed by atoms with Gasteiger partial charge in [0.05, 0.1) is 4.90 Å². The van der Waals surface area contributed by atoms with Gasteiger partial charge in [0.1, 0.15) is 6.10 Å². The van der Waals surface area contributed by atoms with Gasteiger partial charge < -0.3 is 5.11 Å². The van der Waals surface area contributed by atoms with Gasteiger partial charge in [0.2, 0.25) is 10.0 Å². The van der Waals surface area contributed by atoms with Crippen molar-refractivity contribution in [1.29, 1.82) is 0 Å². The summed E-state index contributed by atoms with van der Waals surface area (Å²) in [6.45, 7) is 4.40. The van der Waals surface area contributed by atoms with Gasteiger partial charge >= 0.3 is 0 Å². The first-order chi connectivity index (χ1) is 8.65. The van der Waals surface area contributed by atoms with Crippen molar-refractivity contribution in [3.8, 4) is 0 Å². The van der Waals surface area contributed by atoms with E-state index in [-0.39, 0.29) is 4.90 Å². The highest BCUT2D eigenvalue weighted by atomic mass is 32.2. The Hall–Kier alpha value is -1.05. The molecule has 0 aliphatic rings. The minimum absolute atomic E-state index is 0.0690. The maximum Gasteiger partial charge on any atom is 0.265 e. The Kier molecular flexibility index (Phi) is 5.00. The van der Waals surface area contributed by atoms with Crippen molar-refractivity contribution in [1.82, 2.24) is 4.72 Å². The Bertz CT molecular complexity index is 535. The predicted molar refractivity (Wildman–Crippen MR) is 67.9 cm³/mol. The Morgan fingerprint density at radius 3 is 2.11 bits per heavy atom. The molecule has 1 aromatic carbocycles. The highest BCUT2D eigenvalue weighted by Crippen LogP contribution is 2.21. The molecule has 0 bridgehead atoms. The van der Waals surface area contributed by atoms with Crippen LogP contribution < -0.4 is 4.72 Å². The number of hydrogen-bond donors (Lipinski definition) is 2. The molecule has 7 heteroatoms. The summed E-state index contributed by atoms with van der Waals surface area (Å²) in [6.07, 6.45) is -5.00. The van der Waals surface area contributed by atoms with Crippen molar-refractivity contribution in [2.45, 2.75) is 38.2 Å². The first-order valence-corrected chi connectivity index (χ1v) is 7.17. The molecule has 108 valence electrons. The van der Waals surface area contributed by atoms with Crippen LogP contribution in [0.25, 0.3) is 0 Å². The lowest BCUT2D eigenvalue weighted by atomic mass is 10.1. The number of halogens is 2. The number of hydrogen-bond acceptors (Lipinski definition) is 3. The van der Waals surface area contributed by atoms with Crippen LogP contribution in [-0.2, 0) is 10.0 Å². The molecule has 0 aromatic heterocycles. The molecule has 0 radical (unpaired) electrons. The lowest BCUT2D eigenvalue weighted by molar-refractivity contribution is -0.000453. The summed E-state index contributed by atoms with van der Waals surface area (Å²) >= 11 is 0. The van der Waals surface area contributed by atoms with Crippen LogP contribution in [0.4, 0.5) is 8.78 Å². The Labute approximate surface area is 111 Å². The molecule has 0 saturated heterocycles. The van der Waals surface area contributed by atoms with Gasteiger partial charge in [0.25, 0.3) is 6.43 Å². The van der Waals surface area contributed by atoms with Crippen LogP contribution in [0.1, 0.15) is 16.7 Å². The molecular weight excluding hydrogens is 276 g/mol. The molecule has 19 heavy (non-hydrogen) atoms. The molecule has 0 amide bonds. The van der Waals surface area contributed by atoms with Crippen LogP contribution >= 0.6 is 0 Å². The monoisotopic (exact) mass is 293 g/mol. The van der Waals surface area contributed by atoms with E-state index in [1.165, 1.54) is 0 Å². The van der Waals surface area contributed by atoms with E-state index in [0.717, 1.165) is 5.56 Å². The first-order valence-electron chi connectivity index (χ1n) is 5.69. The minimum atomic E-state index is -3.91. The van der Waals surface area contributed by atoms with Crippen molar-refractivity contribution in [3.05, 3.63) is 28.8 Å². The molecule has 0 aliphatic carbocycles. The van der Waals surface area contributed by atoms with Gasteiger partial charge in [-0.05, 0) is 31.9 Å². The molecule has 0 aliphatic heterocycles. The molecular formula is C12H17F2NO3S. The molecule has 0 saturated carbocycles. The maximum absolute atomic E-state index is 12.1. The highest BCUT2D eigenvalue weighted by Gasteiger charge is 2.23. The van der Waals surface area contributed by atoms with Crippen molar-refractivity contribution in [2.75, 3.05) is 6.54 Å². The average Bonchev–Trinajstić information content (AvgIpc) is 2.23. The summed E-state index contributed by atoms with van der Waals surface area (Å²) in [5, 5.41) is 8.94. The highest BCUT2D eigenvalue weighted by molar-refractivity contribution is 7.89. The zero-order valence-electron chi connectivity index (χ0n) is 10.9. The van der Waals surface area contributed by atoms with Crippen LogP contribution in [0, 0.1) is 20.8 Å². The molecule has 1 rings (SSSR count). The van der Waals surface area contributed by atoms with Crippen molar-refractivity contribution in [2.24, 2.45) is 0 Å². The van der Waals surface area contributed by atoms with Gasteiger partial charge in [-0.2, -0.15) is 0 Å². The summed E-state index contributed by atoms with van der Waals surface area (Å²) in [4.78, 5) is 0.0690. The van der Waals surface area contributed by atoms with E-state index >= 15 is 0 Å². The SMILES string of the molecule is Cc1cc(C)c(S(=O)(=O)NCC(O)C(F)F)c(C)c1. The van der Waals surface area contributed by atoms with Gasteiger partial charge in [-0.3, -0.25) is 0 Å². The molecule has 4 nitrogen and oxygen atoms in total. The standard InChI is InChI=1S/C12H17F2NO3S/c1-7-4-8(2)11(9(3)5-7)19(17,18)15-6-10(16)12(13)14/h4-5,10,12,15-16H,6H2,1-3H3. The smallest absolute Gasteiger partial charge is 0.265 e. The summed E-state index contributed by atoms with van der Waals surface area (Å²) in [6, 6.07) is 3.40. The largest absolute Gasteiger partial charge is 0.386 e. The first kappa shape index (κ1) is 16.0. The molecule has 0 spiro atoms. The second kappa shape index (κ2) is 5.94. The van der Waals surface area contributed by atoms with E-state index < -0.39 is 29.1 Å². The normalized spacial score (nSPS) is 13.8. The quantitative estimate of drug-likeness (QED) is 0.865. The van der Waals surface area contributed by atoms with Gasteiger partial charge in [0, 0.05) is 6.54 Å². The second-order valence-corrected chi connectivity index (χ2v) is 6.19. The third-order valence-corrected chi connectivity index (χ3v) is 4.37. The van der Waals surface area contributed by atoms with E-state index in [9.17, 15) is 17.2 Å². The van der Waals surface area contributed by atoms with Crippen LogP contribution in [0.2, 0.25) is 0 Å².